The van der Waals surface area contributed by atoms with Gasteiger partial charge in [-0.1, -0.05) is 47.5 Å². The van der Waals surface area contributed by atoms with Crippen LogP contribution in [0, 0.1) is 10.8 Å². The largest absolute Gasteiger partial charge is 0.481 e. The summed E-state index contributed by atoms with van der Waals surface area (Å²) >= 11 is 13.9. The number of nitrogens with one attached hydrogen (secondary N) is 2. The lowest BCUT2D eigenvalue weighted by Crippen LogP contribution is -2.40. The van der Waals surface area contributed by atoms with Gasteiger partial charge in [0.1, 0.15) is 5.60 Å². The number of imidazole rings is 2. The van der Waals surface area contributed by atoms with Gasteiger partial charge >= 0.3 is 12.1 Å². The second-order valence-electron chi connectivity index (χ2n) is 17.7. The van der Waals surface area contributed by atoms with Gasteiger partial charge in [0.2, 0.25) is 0 Å². The fourth-order valence-electron chi connectivity index (χ4n) is 9.57. The molecule has 16 heteroatoms. The van der Waals surface area contributed by atoms with Gasteiger partial charge in [-0.25, -0.2) is 14.8 Å². The Labute approximate surface area is 353 Å². The van der Waals surface area contributed by atoms with E-state index in [1.807, 2.05) is 32.4 Å². The number of ether oxygens (including phenoxy) is 1. The molecule has 14 nitrogen and oxygen atoms in total. The summed E-state index contributed by atoms with van der Waals surface area (Å²) in [5.41, 5.74) is 4.21. The summed E-state index contributed by atoms with van der Waals surface area (Å²) < 4.78 is 9.13. The van der Waals surface area contributed by atoms with Crippen LogP contribution in [-0.4, -0.2) is 83.1 Å². The Bertz CT molecular complexity index is 2370. The Morgan fingerprint density at radius 2 is 1.32 bits per heavy atom. The van der Waals surface area contributed by atoms with Crippen LogP contribution in [0.15, 0.2) is 36.4 Å². The molecule has 8 rings (SSSR count). The molecule has 2 aromatic carbocycles. The lowest BCUT2D eigenvalue weighted by Gasteiger charge is -2.32. The minimum atomic E-state index is -0.636. The summed E-state index contributed by atoms with van der Waals surface area (Å²) in [6.07, 6.45) is 6.15. The molecule has 2 bridgehead atoms. The zero-order chi connectivity index (χ0) is 42.0. The first-order valence-corrected chi connectivity index (χ1v) is 20.9. The van der Waals surface area contributed by atoms with E-state index in [4.69, 9.17) is 32.9 Å². The lowest BCUT2D eigenvalue weighted by atomic mass is 9.80. The highest BCUT2D eigenvalue weighted by atomic mass is 35.5. The van der Waals surface area contributed by atoms with Crippen molar-refractivity contribution in [1.82, 2.24) is 28.9 Å². The Morgan fingerprint density at radius 1 is 0.797 bits per heavy atom. The topological polar surface area (TPSA) is 164 Å². The number of halogens is 2. The number of carbonyl (C=O) groups excluding carboxylic acids is 3. The van der Waals surface area contributed by atoms with Gasteiger partial charge in [0.25, 0.3) is 11.8 Å². The van der Waals surface area contributed by atoms with E-state index in [-0.39, 0.29) is 33.7 Å². The first-order valence-electron chi connectivity index (χ1n) is 20.2. The molecule has 0 radical (unpaired) electrons. The molecule has 0 atom stereocenters. The van der Waals surface area contributed by atoms with Crippen molar-refractivity contribution in [3.63, 3.8) is 0 Å². The fraction of sp³-hybridized carbons (Fsp3) is 0.488. The van der Waals surface area contributed by atoms with Crippen molar-refractivity contribution in [1.29, 1.82) is 0 Å². The van der Waals surface area contributed by atoms with Crippen LogP contribution in [0.25, 0.3) is 11.1 Å². The van der Waals surface area contributed by atoms with Gasteiger partial charge in [-0.15, -0.1) is 0 Å². The first kappa shape index (κ1) is 40.8. The van der Waals surface area contributed by atoms with Crippen molar-refractivity contribution in [3.8, 4) is 11.1 Å². The quantitative estimate of drug-likeness (QED) is 0.153. The van der Waals surface area contributed by atoms with Gasteiger partial charge in [-0.2, -0.15) is 0 Å². The molecule has 2 aliphatic heterocycles. The summed E-state index contributed by atoms with van der Waals surface area (Å²) in [4.78, 5) is 65.4. The highest BCUT2D eigenvalue weighted by Crippen LogP contribution is 2.63. The van der Waals surface area contributed by atoms with E-state index < -0.39 is 34.9 Å². The number of rotatable bonds is 9. The number of hydrogen-bond donors (Lipinski definition) is 3. The first-order chi connectivity index (χ1) is 28.0. The number of aromatic nitrogens is 4. The van der Waals surface area contributed by atoms with E-state index in [0.717, 1.165) is 75.1 Å². The van der Waals surface area contributed by atoms with Gasteiger partial charge in [0.15, 0.2) is 11.6 Å². The number of carboxylic acids is 1. The molecule has 0 unspecified atom stereocenters. The molecule has 2 fully saturated rings. The summed E-state index contributed by atoms with van der Waals surface area (Å²) in [6.45, 7) is 8.48. The Kier molecular flexibility index (Phi) is 10.6. The molecular formula is C43H50Cl2N8O6. The van der Waals surface area contributed by atoms with Crippen LogP contribution in [0.3, 0.4) is 0 Å². The van der Waals surface area contributed by atoms with E-state index in [1.165, 1.54) is 0 Å². The van der Waals surface area contributed by atoms with E-state index in [0.29, 0.717) is 47.7 Å². The number of carboxylic acid groups (broad SMARTS) is 1. The number of fused-ring (bicyclic) bond motifs is 4. The maximum atomic E-state index is 13.8. The molecule has 0 spiro atoms. The number of amides is 3. The van der Waals surface area contributed by atoms with Gasteiger partial charge in [-0.05, 0) is 83.4 Å². The predicted molar refractivity (Wildman–Crippen MR) is 224 cm³/mol. The Morgan fingerprint density at radius 3 is 1.83 bits per heavy atom. The van der Waals surface area contributed by atoms with Gasteiger partial charge in [0, 0.05) is 69.1 Å². The third-order valence-corrected chi connectivity index (χ3v) is 13.6. The van der Waals surface area contributed by atoms with E-state index >= 15 is 0 Å². The van der Waals surface area contributed by atoms with Gasteiger partial charge in [-0.3, -0.25) is 19.3 Å². The Balaban J connectivity index is 0.932. The molecule has 2 aliphatic carbocycles. The number of benzene rings is 2. The average molecular weight is 846 g/mol. The molecule has 4 aliphatic rings. The minimum absolute atomic E-state index is 0.121. The molecule has 59 heavy (non-hydrogen) atoms. The van der Waals surface area contributed by atoms with Crippen molar-refractivity contribution in [2.75, 3.05) is 30.3 Å². The van der Waals surface area contributed by atoms with Crippen LogP contribution in [0.2, 0.25) is 10.0 Å². The zero-order valence-corrected chi connectivity index (χ0v) is 35.6. The third kappa shape index (κ3) is 7.70. The molecule has 312 valence electrons. The number of anilines is 2. The molecule has 2 saturated carbocycles. The summed E-state index contributed by atoms with van der Waals surface area (Å²) in [5, 5.41) is 16.2. The molecule has 4 aromatic rings. The maximum Gasteiger partial charge on any atom is 0.410 e. The van der Waals surface area contributed by atoms with Crippen molar-refractivity contribution >= 4 is 58.5 Å². The molecule has 0 saturated heterocycles. The Hall–Kier alpha value is -4.92. The van der Waals surface area contributed by atoms with Gasteiger partial charge in [0.05, 0.1) is 44.8 Å². The fourth-order valence-corrected chi connectivity index (χ4v) is 10.1. The normalized spacial score (nSPS) is 21.2. The van der Waals surface area contributed by atoms with Crippen molar-refractivity contribution in [2.24, 2.45) is 24.9 Å². The van der Waals surface area contributed by atoms with Gasteiger partial charge < -0.3 is 34.5 Å². The predicted octanol–water partition coefficient (Wildman–Crippen LogP) is 7.71. The highest BCUT2D eigenvalue weighted by Gasteiger charge is 2.57. The smallest absolute Gasteiger partial charge is 0.410 e. The second kappa shape index (κ2) is 15.3. The van der Waals surface area contributed by atoms with Crippen LogP contribution >= 0.6 is 23.2 Å². The van der Waals surface area contributed by atoms with E-state index in [1.54, 1.807) is 52.9 Å². The molecular weight excluding hydrogens is 795 g/mol. The highest BCUT2D eigenvalue weighted by molar-refractivity contribution is 6.40. The molecule has 3 amide bonds. The van der Waals surface area contributed by atoms with Crippen molar-refractivity contribution in [3.05, 3.63) is 80.9 Å². The summed E-state index contributed by atoms with van der Waals surface area (Å²) in [7, 11) is 3.63. The summed E-state index contributed by atoms with van der Waals surface area (Å²) in [5.74, 6) is -1.03. The maximum absolute atomic E-state index is 13.8. The van der Waals surface area contributed by atoms with Crippen molar-refractivity contribution in [2.45, 2.75) is 90.8 Å². The number of carbonyl (C=O) groups is 4. The SMILES string of the molecule is Cn1c(C(=O)Nc2cccc(-c3cccc(NC(=O)c4nc5c(n4C)CCN(C(=O)OC(C)(C)C)C5)c3Cl)c2Cl)nc2c1CCN(CCC13CCC(C(=O)O)(CC1)C3)C2. The van der Waals surface area contributed by atoms with E-state index in [2.05, 4.69) is 20.5 Å². The van der Waals surface area contributed by atoms with Crippen LogP contribution in [0.1, 0.15) is 103 Å². The van der Waals surface area contributed by atoms with Crippen molar-refractivity contribution < 1.29 is 29.0 Å². The minimum Gasteiger partial charge on any atom is -0.481 e. The third-order valence-electron chi connectivity index (χ3n) is 12.8. The van der Waals surface area contributed by atoms with E-state index in [9.17, 15) is 24.3 Å². The van der Waals surface area contributed by atoms with Crippen LogP contribution in [0.5, 0.6) is 0 Å². The monoisotopic (exact) mass is 844 g/mol. The molecule has 3 N–H and O–H groups in total. The number of nitrogens with zero attached hydrogens (tertiary/aromatic N) is 6. The average Bonchev–Trinajstić information content (AvgIpc) is 3.95. The van der Waals surface area contributed by atoms with Crippen LogP contribution in [0.4, 0.5) is 16.2 Å². The molecule has 2 aromatic heterocycles. The lowest BCUT2D eigenvalue weighted by molar-refractivity contribution is -0.148. The number of aliphatic carboxylic acids is 1. The standard InChI is InChI=1S/C43H50Cl2N8O6/c1-41(2,3)59-40(58)53-20-13-32-30(23-53)47-36(51(32)5)38(55)49-28-11-7-9-26(34(28)45)25-8-6-10-27(33(25)44)48-37(54)35-46-29-22-52(19-12-31(29)50(35)4)21-18-42-14-16-43(24-42,17-15-42)39(56)57/h6-11H,12-24H2,1-5H3,(H,48,54)(H,49,55)(H,56,57). The number of hydrogen-bond acceptors (Lipinski definition) is 8. The van der Waals surface area contributed by atoms with Crippen LogP contribution < -0.4 is 10.6 Å². The summed E-state index contributed by atoms with van der Waals surface area (Å²) in [6, 6.07) is 10.5. The zero-order valence-electron chi connectivity index (χ0n) is 34.1. The van der Waals surface area contributed by atoms with Crippen LogP contribution in [-0.2, 0) is 49.6 Å². The second-order valence-corrected chi connectivity index (χ2v) is 18.5. The molecule has 4 heterocycles.